The molecular formula is C11H13N3O. The van der Waals surface area contributed by atoms with E-state index in [4.69, 9.17) is 4.42 Å². The Kier molecular flexibility index (Phi) is 2.41. The number of aryl methyl sites for hydroxylation is 1. The number of rotatable bonds is 2. The molecule has 15 heavy (non-hydrogen) atoms. The van der Waals surface area contributed by atoms with E-state index in [1.54, 1.807) is 4.90 Å². The van der Waals surface area contributed by atoms with E-state index in [2.05, 4.69) is 10.2 Å². The lowest BCUT2D eigenvalue weighted by Crippen LogP contribution is -2.08. The lowest BCUT2D eigenvalue weighted by Gasteiger charge is -2.02. The minimum atomic E-state index is 0.519. The van der Waals surface area contributed by atoms with Gasteiger partial charge in [0.05, 0.1) is 0 Å². The quantitative estimate of drug-likeness (QED) is 0.749. The Hall–Kier alpha value is -1.84. The molecule has 0 aliphatic carbocycles. The molecule has 0 aliphatic rings. The minimum Gasteiger partial charge on any atom is -0.403 e. The summed E-state index contributed by atoms with van der Waals surface area (Å²) in [4.78, 5) is 1.78. The summed E-state index contributed by atoms with van der Waals surface area (Å²) in [5, 5.41) is 7.90. The Morgan fingerprint density at radius 3 is 2.27 bits per heavy atom. The van der Waals surface area contributed by atoms with Crippen LogP contribution in [0.2, 0.25) is 0 Å². The Balaban J connectivity index is 2.33. The second-order valence-corrected chi connectivity index (χ2v) is 3.65. The summed E-state index contributed by atoms with van der Waals surface area (Å²) in [5.41, 5.74) is 2.16. The predicted molar refractivity (Wildman–Crippen MR) is 58.8 cm³/mol. The van der Waals surface area contributed by atoms with Gasteiger partial charge in [-0.15, -0.1) is 5.10 Å². The average Bonchev–Trinajstić information content (AvgIpc) is 2.68. The fourth-order valence-corrected chi connectivity index (χ4v) is 1.21. The number of benzene rings is 1. The first kappa shape index (κ1) is 9.71. The Bertz CT molecular complexity index is 445. The largest absolute Gasteiger partial charge is 0.403 e. The average molecular weight is 203 g/mol. The highest BCUT2D eigenvalue weighted by atomic mass is 16.4. The molecule has 0 aliphatic heterocycles. The van der Waals surface area contributed by atoms with Gasteiger partial charge < -0.3 is 9.32 Å². The molecule has 0 amide bonds. The zero-order chi connectivity index (χ0) is 10.8. The fourth-order valence-electron chi connectivity index (χ4n) is 1.21. The van der Waals surface area contributed by atoms with Gasteiger partial charge in [-0.3, -0.25) is 0 Å². The molecular weight excluding hydrogens is 190 g/mol. The Labute approximate surface area is 88.5 Å². The lowest BCUT2D eigenvalue weighted by atomic mass is 10.1. The highest BCUT2D eigenvalue weighted by molar-refractivity contribution is 5.53. The molecule has 1 heterocycles. The predicted octanol–water partition coefficient (Wildman–Crippen LogP) is 2.11. The second kappa shape index (κ2) is 3.73. The van der Waals surface area contributed by atoms with Crippen molar-refractivity contribution in [3.05, 3.63) is 29.8 Å². The molecule has 4 nitrogen and oxygen atoms in total. The molecule has 78 valence electrons. The van der Waals surface area contributed by atoms with Crippen LogP contribution >= 0.6 is 0 Å². The van der Waals surface area contributed by atoms with Gasteiger partial charge in [0, 0.05) is 19.7 Å². The highest BCUT2D eigenvalue weighted by Gasteiger charge is 2.08. The first-order valence-corrected chi connectivity index (χ1v) is 4.74. The fraction of sp³-hybridized carbons (Fsp3) is 0.273. The van der Waals surface area contributed by atoms with Crippen LogP contribution in [0.4, 0.5) is 6.01 Å². The molecule has 2 aromatic rings. The third kappa shape index (κ3) is 1.98. The normalized spacial score (nSPS) is 10.3. The molecule has 0 fully saturated rings. The van der Waals surface area contributed by atoms with Crippen molar-refractivity contribution in [2.24, 2.45) is 0 Å². The van der Waals surface area contributed by atoms with Gasteiger partial charge in [0.1, 0.15) is 0 Å². The summed E-state index contributed by atoms with van der Waals surface area (Å²) >= 11 is 0. The van der Waals surface area contributed by atoms with Crippen molar-refractivity contribution >= 4 is 6.01 Å². The monoisotopic (exact) mass is 203 g/mol. The van der Waals surface area contributed by atoms with Crippen LogP contribution in [0, 0.1) is 6.92 Å². The molecule has 0 atom stereocenters. The Morgan fingerprint density at radius 2 is 1.73 bits per heavy atom. The van der Waals surface area contributed by atoms with E-state index in [0.717, 1.165) is 5.56 Å². The van der Waals surface area contributed by atoms with Crippen LogP contribution in [0.1, 0.15) is 5.56 Å². The first-order valence-electron chi connectivity index (χ1n) is 4.74. The van der Waals surface area contributed by atoms with Gasteiger partial charge in [0.25, 0.3) is 0 Å². The van der Waals surface area contributed by atoms with Gasteiger partial charge in [-0.2, -0.15) is 0 Å². The first-order chi connectivity index (χ1) is 7.16. The summed E-state index contributed by atoms with van der Waals surface area (Å²) in [6, 6.07) is 8.51. The van der Waals surface area contributed by atoms with Gasteiger partial charge >= 0.3 is 6.01 Å². The van der Waals surface area contributed by atoms with Crippen LogP contribution in [0.3, 0.4) is 0 Å². The maximum Gasteiger partial charge on any atom is 0.317 e. The second-order valence-electron chi connectivity index (χ2n) is 3.65. The van der Waals surface area contributed by atoms with Gasteiger partial charge in [-0.25, -0.2) is 0 Å². The van der Waals surface area contributed by atoms with E-state index < -0.39 is 0 Å². The third-order valence-corrected chi connectivity index (χ3v) is 2.10. The standard InChI is InChI=1S/C11H13N3O/c1-8-4-6-9(7-5-8)10-12-13-11(15-10)14(2)3/h4-7H,1-3H3. The van der Waals surface area contributed by atoms with Crippen molar-refractivity contribution in [3.63, 3.8) is 0 Å². The van der Waals surface area contributed by atoms with Gasteiger partial charge in [-0.1, -0.05) is 22.8 Å². The van der Waals surface area contributed by atoms with E-state index >= 15 is 0 Å². The molecule has 0 bridgehead atoms. The number of anilines is 1. The third-order valence-electron chi connectivity index (χ3n) is 2.10. The van der Waals surface area contributed by atoms with E-state index in [0.29, 0.717) is 11.9 Å². The number of hydrogen-bond acceptors (Lipinski definition) is 4. The van der Waals surface area contributed by atoms with Crippen molar-refractivity contribution in [3.8, 4) is 11.5 Å². The summed E-state index contributed by atoms with van der Waals surface area (Å²) in [6.07, 6.45) is 0. The van der Waals surface area contributed by atoms with E-state index in [1.165, 1.54) is 5.56 Å². The highest BCUT2D eigenvalue weighted by Crippen LogP contribution is 2.20. The van der Waals surface area contributed by atoms with Crippen LogP contribution in [0.15, 0.2) is 28.7 Å². The molecule has 0 spiro atoms. The molecule has 2 rings (SSSR count). The zero-order valence-corrected chi connectivity index (χ0v) is 9.06. The van der Waals surface area contributed by atoms with Crippen molar-refractivity contribution in [1.29, 1.82) is 0 Å². The van der Waals surface area contributed by atoms with Crippen LogP contribution in [0.5, 0.6) is 0 Å². The van der Waals surface area contributed by atoms with E-state index in [9.17, 15) is 0 Å². The maximum absolute atomic E-state index is 5.47. The molecule has 0 N–H and O–H groups in total. The van der Waals surface area contributed by atoms with Crippen LogP contribution < -0.4 is 4.90 Å². The lowest BCUT2D eigenvalue weighted by molar-refractivity contribution is 0.566. The van der Waals surface area contributed by atoms with E-state index in [1.807, 2.05) is 45.3 Å². The molecule has 0 radical (unpaired) electrons. The minimum absolute atomic E-state index is 0.519. The Morgan fingerprint density at radius 1 is 1.07 bits per heavy atom. The molecule has 0 saturated carbocycles. The SMILES string of the molecule is Cc1ccc(-c2nnc(N(C)C)o2)cc1. The summed E-state index contributed by atoms with van der Waals surface area (Å²) in [6.45, 7) is 2.04. The summed E-state index contributed by atoms with van der Waals surface area (Å²) in [7, 11) is 3.73. The number of hydrogen-bond donors (Lipinski definition) is 0. The molecule has 4 heteroatoms. The molecule has 0 unspecified atom stereocenters. The summed E-state index contributed by atoms with van der Waals surface area (Å²) in [5.74, 6) is 0.554. The number of aromatic nitrogens is 2. The zero-order valence-electron chi connectivity index (χ0n) is 9.06. The van der Waals surface area contributed by atoms with Crippen molar-refractivity contribution in [2.45, 2.75) is 6.92 Å². The van der Waals surface area contributed by atoms with Gasteiger partial charge in [0.2, 0.25) is 5.89 Å². The molecule has 1 aromatic carbocycles. The maximum atomic E-state index is 5.47. The van der Waals surface area contributed by atoms with Crippen molar-refractivity contribution < 1.29 is 4.42 Å². The van der Waals surface area contributed by atoms with Gasteiger partial charge in [-0.05, 0) is 19.1 Å². The van der Waals surface area contributed by atoms with Crippen LogP contribution in [-0.4, -0.2) is 24.3 Å². The van der Waals surface area contributed by atoms with E-state index in [-0.39, 0.29) is 0 Å². The van der Waals surface area contributed by atoms with Crippen LogP contribution in [0.25, 0.3) is 11.5 Å². The van der Waals surface area contributed by atoms with Crippen molar-refractivity contribution in [2.75, 3.05) is 19.0 Å². The molecule has 0 saturated heterocycles. The van der Waals surface area contributed by atoms with Gasteiger partial charge in [0.15, 0.2) is 0 Å². The summed E-state index contributed by atoms with van der Waals surface area (Å²) < 4.78 is 5.47. The number of nitrogens with zero attached hydrogens (tertiary/aromatic N) is 3. The topological polar surface area (TPSA) is 42.2 Å². The smallest absolute Gasteiger partial charge is 0.317 e. The molecule has 1 aromatic heterocycles. The van der Waals surface area contributed by atoms with Crippen LogP contribution in [-0.2, 0) is 0 Å². The van der Waals surface area contributed by atoms with Crippen molar-refractivity contribution in [1.82, 2.24) is 10.2 Å².